The summed E-state index contributed by atoms with van der Waals surface area (Å²) in [5.41, 5.74) is 0. The molecule has 1 atom stereocenters. The number of aliphatic hydroxyl groups excluding tert-OH is 1. The summed E-state index contributed by atoms with van der Waals surface area (Å²) < 4.78 is 0. The summed E-state index contributed by atoms with van der Waals surface area (Å²) in [6.45, 7) is 2.57. The quantitative estimate of drug-likeness (QED) is 0.605. The molecule has 0 radical (unpaired) electrons. The fraction of sp³-hybridized carbons (Fsp3) is 0.571. The molecule has 20 heavy (non-hydrogen) atoms. The van der Waals surface area contributed by atoms with Crippen LogP contribution in [0.25, 0.3) is 0 Å². The Balaban J connectivity index is 2.08. The van der Waals surface area contributed by atoms with Gasteiger partial charge in [0.1, 0.15) is 0 Å². The highest BCUT2D eigenvalue weighted by atomic mass is 32.1. The fourth-order valence-corrected chi connectivity index (χ4v) is 2.40. The minimum Gasteiger partial charge on any atom is -0.396 e. The summed E-state index contributed by atoms with van der Waals surface area (Å²) in [5.74, 6) is -0.0995. The first kappa shape index (κ1) is 16.7. The first-order chi connectivity index (χ1) is 9.63. The van der Waals surface area contributed by atoms with Crippen molar-refractivity contribution in [2.75, 3.05) is 13.2 Å². The van der Waals surface area contributed by atoms with Crippen LogP contribution in [0.5, 0.6) is 0 Å². The van der Waals surface area contributed by atoms with Crippen molar-refractivity contribution in [2.45, 2.75) is 38.6 Å². The van der Waals surface area contributed by atoms with Crippen molar-refractivity contribution in [1.82, 2.24) is 10.6 Å². The lowest BCUT2D eigenvalue weighted by atomic mass is 10.2. The molecule has 2 amide bonds. The van der Waals surface area contributed by atoms with Crippen LogP contribution in [0.1, 0.15) is 42.3 Å². The lowest BCUT2D eigenvalue weighted by Gasteiger charge is -2.13. The third-order valence-electron chi connectivity index (χ3n) is 2.81. The lowest BCUT2D eigenvalue weighted by Crippen LogP contribution is -2.33. The van der Waals surface area contributed by atoms with Gasteiger partial charge in [-0.25, -0.2) is 0 Å². The minimum absolute atomic E-state index is 0.0131. The van der Waals surface area contributed by atoms with Gasteiger partial charge >= 0.3 is 0 Å². The van der Waals surface area contributed by atoms with Crippen molar-refractivity contribution in [3.05, 3.63) is 22.4 Å². The van der Waals surface area contributed by atoms with E-state index in [4.69, 9.17) is 5.11 Å². The van der Waals surface area contributed by atoms with Crippen LogP contribution in [0.4, 0.5) is 0 Å². The van der Waals surface area contributed by atoms with Gasteiger partial charge in [-0.2, -0.15) is 0 Å². The van der Waals surface area contributed by atoms with Crippen LogP contribution in [0.3, 0.4) is 0 Å². The number of aliphatic hydroxyl groups is 1. The molecule has 112 valence electrons. The van der Waals surface area contributed by atoms with E-state index in [0.717, 1.165) is 6.42 Å². The van der Waals surface area contributed by atoms with E-state index in [1.165, 1.54) is 11.3 Å². The summed E-state index contributed by atoms with van der Waals surface area (Å²) in [5, 5.41) is 16.2. The highest BCUT2D eigenvalue weighted by molar-refractivity contribution is 7.12. The van der Waals surface area contributed by atoms with Gasteiger partial charge in [-0.1, -0.05) is 6.07 Å². The third kappa shape index (κ3) is 6.68. The molecule has 1 heterocycles. The van der Waals surface area contributed by atoms with Crippen LogP contribution in [-0.2, 0) is 4.79 Å². The van der Waals surface area contributed by atoms with Crippen molar-refractivity contribution in [3.8, 4) is 0 Å². The first-order valence-corrected chi connectivity index (χ1v) is 7.73. The Labute approximate surface area is 123 Å². The Hall–Kier alpha value is -1.40. The summed E-state index contributed by atoms with van der Waals surface area (Å²) in [7, 11) is 0. The predicted molar refractivity (Wildman–Crippen MR) is 79.8 cm³/mol. The highest BCUT2D eigenvalue weighted by Gasteiger charge is 2.08. The number of rotatable bonds is 9. The molecule has 0 aliphatic carbocycles. The number of carbonyl (C=O) groups excluding carboxylic acids is 2. The molecule has 0 saturated heterocycles. The zero-order valence-electron chi connectivity index (χ0n) is 11.7. The molecule has 0 fully saturated rings. The topological polar surface area (TPSA) is 78.4 Å². The minimum atomic E-state index is -0.0864. The van der Waals surface area contributed by atoms with Crippen LogP contribution in [-0.4, -0.2) is 36.1 Å². The summed E-state index contributed by atoms with van der Waals surface area (Å²) in [6, 6.07) is 3.69. The zero-order chi connectivity index (χ0) is 14.8. The summed E-state index contributed by atoms with van der Waals surface area (Å²) >= 11 is 1.40. The third-order valence-corrected chi connectivity index (χ3v) is 3.68. The van der Waals surface area contributed by atoms with E-state index in [9.17, 15) is 9.59 Å². The van der Waals surface area contributed by atoms with E-state index in [0.29, 0.717) is 30.7 Å². The number of nitrogens with one attached hydrogen (secondary N) is 2. The maximum Gasteiger partial charge on any atom is 0.261 e. The van der Waals surface area contributed by atoms with Gasteiger partial charge in [0.2, 0.25) is 5.91 Å². The van der Waals surface area contributed by atoms with Crippen molar-refractivity contribution in [3.63, 3.8) is 0 Å². The molecule has 0 aromatic carbocycles. The highest BCUT2D eigenvalue weighted by Crippen LogP contribution is 2.07. The smallest absolute Gasteiger partial charge is 0.261 e. The molecule has 0 aliphatic heterocycles. The molecule has 0 spiro atoms. The van der Waals surface area contributed by atoms with E-state index in [1.807, 2.05) is 18.4 Å². The number of carbonyl (C=O) groups is 2. The summed E-state index contributed by atoms with van der Waals surface area (Å²) in [6.07, 6.45) is 2.49. The summed E-state index contributed by atoms with van der Waals surface area (Å²) in [4.78, 5) is 23.9. The Kier molecular flexibility index (Phi) is 7.91. The van der Waals surface area contributed by atoms with Crippen LogP contribution < -0.4 is 10.6 Å². The molecular weight excluding hydrogens is 276 g/mol. The maximum absolute atomic E-state index is 11.6. The molecule has 1 unspecified atom stereocenters. The molecule has 0 aliphatic rings. The van der Waals surface area contributed by atoms with Crippen LogP contribution in [0.15, 0.2) is 17.5 Å². The zero-order valence-corrected chi connectivity index (χ0v) is 12.5. The average molecular weight is 298 g/mol. The van der Waals surface area contributed by atoms with E-state index in [-0.39, 0.29) is 24.5 Å². The van der Waals surface area contributed by atoms with Gasteiger partial charge in [0.25, 0.3) is 5.91 Å². The molecule has 0 saturated carbocycles. The molecule has 6 heteroatoms. The number of thiophene rings is 1. The Morgan fingerprint density at radius 1 is 1.40 bits per heavy atom. The van der Waals surface area contributed by atoms with E-state index < -0.39 is 0 Å². The Morgan fingerprint density at radius 3 is 2.85 bits per heavy atom. The van der Waals surface area contributed by atoms with Crippen molar-refractivity contribution in [2.24, 2.45) is 0 Å². The SMILES string of the molecule is CC(CCCO)NC(=O)CCCNC(=O)c1cccs1. The number of hydrogen-bond donors (Lipinski definition) is 3. The Bertz CT molecular complexity index is 407. The van der Waals surface area contributed by atoms with E-state index in [2.05, 4.69) is 10.6 Å². The van der Waals surface area contributed by atoms with Crippen LogP contribution in [0.2, 0.25) is 0 Å². The molecule has 1 aromatic heterocycles. The Morgan fingerprint density at radius 2 is 2.20 bits per heavy atom. The molecule has 1 aromatic rings. The van der Waals surface area contributed by atoms with Gasteiger partial charge in [-0.15, -0.1) is 11.3 Å². The average Bonchev–Trinajstić information content (AvgIpc) is 2.95. The largest absolute Gasteiger partial charge is 0.396 e. The van der Waals surface area contributed by atoms with E-state index in [1.54, 1.807) is 6.07 Å². The monoisotopic (exact) mass is 298 g/mol. The molecule has 5 nitrogen and oxygen atoms in total. The molecule has 3 N–H and O–H groups in total. The van der Waals surface area contributed by atoms with Crippen LogP contribution >= 0.6 is 11.3 Å². The van der Waals surface area contributed by atoms with Gasteiger partial charge in [0, 0.05) is 25.6 Å². The predicted octanol–water partition coefficient (Wildman–Crippen LogP) is 1.54. The van der Waals surface area contributed by atoms with Gasteiger partial charge in [0.15, 0.2) is 0 Å². The van der Waals surface area contributed by atoms with Crippen molar-refractivity contribution >= 4 is 23.2 Å². The maximum atomic E-state index is 11.6. The van der Waals surface area contributed by atoms with Gasteiger partial charge in [0.05, 0.1) is 4.88 Å². The van der Waals surface area contributed by atoms with Gasteiger partial charge in [-0.3, -0.25) is 9.59 Å². The van der Waals surface area contributed by atoms with Gasteiger partial charge < -0.3 is 15.7 Å². The molecule has 1 rings (SSSR count). The van der Waals surface area contributed by atoms with E-state index >= 15 is 0 Å². The van der Waals surface area contributed by atoms with Crippen LogP contribution in [0, 0.1) is 0 Å². The lowest BCUT2D eigenvalue weighted by molar-refractivity contribution is -0.121. The van der Waals surface area contributed by atoms with Gasteiger partial charge in [-0.05, 0) is 37.6 Å². The molecule has 0 bridgehead atoms. The standard InChI is InChI=1S/C14H22N2O3S/c1-11(5-3-9-17)16-13(18)7-2-8-15-14(19)12-6-4-10-20-12/h4,6,10-11,17H,2-3,5,7-9H2,1H3,(H,15,19)(H,16,18). The van der Waals surface area contributed by atoms with Crippen molar-refractivity contribution < 1.29 is 14.7 Å². The normalized spacial score (nSPS) is 11.9. The number of hydrogen-bond acceptors (Lipinski definition) is 4. The molecular formula is C14H22N2O3S. The fourth-order valence-electron chi connectivity index (χ4n) is 1.76. The number of amides is 2. The first-order valence-electron chi connectivity index (χ1n) is 6.85. The second-order valence-corrected chi connectivity index (χ2v) is 5.62. The van der Waals surface area contributed by atoms with Crippen molar-refractivity contribution in [1.29, 1.82) is 0 Å². The second-order valence-electron chi connectivity index (χ2n) is 4.67. The second kappa shape index (κ2) is 9.50.